The normalized spacial score (nSPS) is 10.8. The van der Waals surface area contributed by atoms with Crippen LogP contribution in [0.3, 0.4) is 0 Å². The fourth-order valence-electron chi connectivity index (χ4n) is 6.90. The van der Waals surface area contributed by atoms with Crippen molar-refractivity contribution in [2.24, 2.45) is 0 Å². The third-order valence-electron chi connectivity index (χ3n) is 12.5. The van der Waals surface area contributed by atoms with Crippen molar-refractivity contribution in [3.63, 3.8) is 0 Å². The molecule has 8 heteroatoms. The zero-order chi connectivity index (χ0) is 52.5. The van der Waals surface area contributed by atoms with Gasteiger partial charge in [0.1, 0.15) is 52.3 Å². The van der Waals surface area contributed by atoms with E-state index in [2.05, 4.69) is 131 Å². The highest BCUT2D eigenvalue weighted by Crippen LogP contribution is 2.29. The summed E-state index contributed by atoms with van der Waals surface area (Å²) in [5.41, 5.74) is 14.8. The van der Waals surface area contributed by atoms with Crippen molar-refractivity contribution in [3.8, 4) is 0 Å². The number of rotatable bonds is 6. The van der Waals surface area contributed by atoms with Gasteiger partial charge in [-0.1, -0.05) is 83.1 Å². The Morgan fingerprint density at radius 3 is 0.824 bits per heavy atom. The highest BCUT2D eigenvalue weighted by atomic mass is 19.1. The Labute approximate surface area is 411 Å². The molecule has 0 spiro atoms. The summed E-state index contributed by atoms with van der Waals surface area (Å²) in [4.78, 5) is 0. The van der Waals surface area contributed by atoms with Crippen LogP contribution >= 0.6 is 0 Å². The van der Waals surface area contributed by atoms with Gasteiger partial charge in [0.25, 0.3) is 0 Å². The molecular weight excluding hydrogens is 852 g/mol. The number of halogens is 1. The molecule has 0 amide bonds. The van der Waals surface area contributed by atoms with Gasteiger partial charge in [-0.3, -0.25) is 0 Å². The first-order valence-electron chi connectivity index (χ1n) is 24.5. The maximum Gasteiger partial charge on any atom is 0.164 e. The lowest BCUT2D eigenvalue weighted by Gasteiger charge is -2.04. The fraction of sp³-hybridized carbons (Fsp3) is 0.533. The molecule has 7 rings (SSSR count). The Balaban J connectivity index is 0.000000399. The Bertz CT molecular complexity index is 2240. The molecule has 0 bridgehead atoms. The van der Waals surface area contributed by atoms with Gasteiger partial charge >= 0.3 is 0 Å². The van der Waals surface area contributed by atoms with Crippen LogP contribution in [-0.4, -0.2) is 0 Å². The first-order chi connectivity index (χ1) is 31.5. The van der Waals surface area contributed by atoms with Crippen LogP contribution in [0, 0.1) is 103 Å². The third kappa shape index (κ3) is 18.4. The SMILES string of the molecule is Cc1c(C(C)C)coc1C(C)C.Cc1coc(C(C)C)c1C.Cc1coc(C)c1C.Cc1coc(C)c1C.Cc1oc(C(C)C)cc1C(C)C.Cc1occ(C(C)C)c1C.Cc1occ(F)c1C. The predicted octanol–water partition coefficient (Wildman–Crippen LogP) is 20.2. The van der Waals surface area contributed by atoms with Crippen molar-refractivity contribution < 1.29 is 35.3 Å². The molecule has 0 fully saturated rings. The van der Waals surface area contributed by atoms with Gasteiger partial charge in [-0.05, 0) is 182 Å². The molecule has 7 aromatic heterocycles. The van der Waals surface area contributed by atoms with Crippen molar-refractivity contribution in [1.29, 1.82) is 0 Å². The van der Waals surface area contributed by atoms with Crippen LogP contribution in [0.2, 0.25) is 0 Å². The molecule has 0 saturated carbocycles. The first kappa shape index (κ1) is 60.9. The van der Waals surface area contributed by atoms with Crippen molar-refractivity contribution >= 4 is 0 Å². The Morgan fingerprint density at radius 2 is 0.647 bits per heavy atom. The maximum atomic E-state index is 12.2. The van der Waals surface area contributed by atoms with Gasteiger partial charge in [-0.15, -0.1) is 0 Å². The van der Waals surface area contributed by atoms with Gasteiger partial charge in [0.2, 0.25) is 0 Å². The average molecular weight is 943 g/mol. The van der Waals surface area contributed by atoms with Crippen LogP contribution in [0.1, 0.15) is 231 Å². The predicted molar refractivity (Wildman–Crippen MR) is 282 cm³/mol. The summed E-state index contributed by atoms with van der Waals surface area (Å²) in [6.07, 6.45) is 10.3. The van der Waals surface area contributed by atoms with Crippen molar-refractivity contribution in [2.45, 2.75) is 216 Å². The van der Waals surface area contributed by atoms with E-state index in [0.717, 1.165) is 46.6 Å². The van der Waals surface area contributed by atoms with E-state index in [9.17, 15) is 4.39 Å². The summed E-state index contributed by atoms with van der Waals surface area (Å²) in [6, 6.07) is 2.19. The summed E-state index contributed by atoms with van der Waals surface area (Å²) in [6.45, 7) is 54.1. The molecule has 380 valence electrons. The van der Waals surface area contributed by atoms with E-state index >= 15 is 0 Å². The average Bonchev–Trinajstić information content (AvgIpc) is 4.15. The topological polar surface area (TPSA) is 92.0 Å². The zero-order valence-electron chi connectivity index (χ0n) is 47.2. The van der Waals surface area contributed by atoms with Crippen molar-refractivity contribution in [1.82, 2.24) is 0 Å². The van der Waals surface area contributed by atoms with E-state index in [1.807, 2.05) is 60.3 Å². The lowest BCUT2D eigenvalue weighted by atomic mass is 9.98. The summed E-state index contributed by atoms with van der Waals surface area (Å²) in [7, 11) is 0. The van der Waals surface area contributed by atoms with Crippen molar-refractivity contribution in [2.75, 3.05) is 0 Å². The van der Waals surface area contributed by atoms with E-state index in [1.54, 1.807) is 26.4 Å². The molecule has 0 atom stereocenters. The standard InChI is InChI=1S/2C11H18O.2C9H14O.2C7H10O.C6H7FO/c1-7(2)10-6-12-11(8(3)4)9(10)5;1-7(2)10-6-11(8(3)4)12-9(10)5;1-6(2)9-5-10-8(4)7(9)3;1-6(2)9-8(4)7(3)5-10-9;2*1-5-4-8-7(3)6(5)2;1-4-5(2)8-3-6(4)7/h2*6-8H,1-5H3;2*5-6H,1-4H3;2*4H,1-3H3;3H,1-2H3. The van der Waals surface area contributed by atoms with E-state index in [0.29, 0.717) is 46.8 Å². The molecule has 68 heavy (non-hydrogen) atoms. The minimum atomic E-state index is -0.262. The zero-order valence-corrected chi connectivity index (χ0v) is 47.2. The van der Waals surface area contributed by atoms with Gasteiger partial charge in [-0.2, -0.15) is 0 Å². The largest absolute Gasteiger partial charge is 0.469 e. The second-order valence-electron chi connectivity index (χ2n) is 20.0. The van der Waals surface area contributed by atoms with Gasteiger partial charge in [0.05, 0.1) is 31.3 Å². The van der Waals surface area contributed by atoms with Gasteiger partial charge < -0.3 is 30.9 Å². The number of hydrogen-bond donors (Lipinski definition) is 0. The van der Waals surface area contributed by atoms with Gasteiger partial charge in [0.15, 0.2) is 5.82 Å². The number of hydrogen-bond acceptors (Lipinski definition) is 7. The van der Waals surface area contributed by atoms with Crippen LogP contribution in [-0.2, 0) is 0 Å². The lowest BCUT2D eigenvalue weighted by Crippen LogP contribution is -1.91. The smallest absolute Gasteiger partial charge is 0.164 e. The molecule has 0 N–H and O–H groups in total. The lowest BCUT2D eigenvalue weighted by molar-refractivity contribution is 0.460. The molecule has 7 aromatic rings. The van der Waals surface area contributed by atoms with E-state index in [1.165, 1.54) is 61.2 Å². The van der Waals surface area contributed by atoms with Crippen LogP contribution in [0.4, 0.5) is 4.39 Å². The highest BCUT2D eigenvalue weighted by molar-refractivity contribution is 5.31. The molecular formula is C60H91FO7. The van der Waals surface area contributed by atoms with Crippen LogP contribution in [0.25, 0.3) is 0 Å². The molecule has 7 nitrogen and oxygen atoms in total. The van der Waals surface area contributed by atoms with Crippen molar-refractivity contribution in [3.05, 3.63) is 162 Å². The molecule has 0 aliphatic carbocycles. The molecule has 7 heterocycles. The van der Waals surface area contributed by atoms with E-state index in [-0.39, 0.29) is 5.82 Å². The highest BCUT2D eigenvalue weighted by Gasteiger charge is 2.15. The minimum Gasteiger partial charge on any atom is -0.469 e. The molecule has 0 radical (unpaired) electrons. The van der Waals surface area contributed by atoms with Crippen LogP contribution in [0.15, 0.2) is 74.6 Å². The quantitative estimate of drug-likeness (QED) is 0.164. The molecule has 0 aromatic carbocycles. The second kappa shape index (κ2) is 28.4. The van der Waals surface area contributed by atoms with Crippen LogP contribution < -0.4 is 0 Å². The summed E-state index contributed by atoms with van der Waals surface area (Å²) < 4.78 is 48.9. The third-order valence-corrected chi connectivity index (χ3v) is 12.5. The Kier molecular flexibility index (Phi) is 25.4. The Hall–Kier alpha value is -5.11. The molecule has 0 aliphatic rings. The number of aryl methyl sites for hydroxylation is 8. The summed E-state index contributed by atoms with van der Waals surface area (Å²) in [5, 5.41) is 0. The molecule has 0 aliphatic heterocycles. The fourth-order valence-corrected chi connectivity index (χ4v) is 6.90. The van der Waals surface area contributed by atoms with Crippen LogP contribution in [0.5, 0.6) is 0 Å². The monoisotopic (exact) mass is 943 g/mol. The summed E-state index contributed by atoms with van der Waals surface area (Å²) in [5.74, 6) is 11.2. The van der Waals surface area contributed by atoms with Gasteiger partial charge in [0, 0.05) is 23.3 Å². The minimum absolute atomic E-state index is 0.262. The number of furan rings is 7. The summed E-state index contributed by atoms with van der Waals surface area (Å²) >= 11 is 0. The van der Waals surface area contributed by atoms with Gasteiger partial charge in [-0.25, -0.2) is 4.39 Å². The molecule has 0 unspecified atom stereocenters. The maximum absolute atomic E-state index is 12.2. The second-order valence-corrected chi connectivity index (χ2v) is 20.0. The Morgan fingerprint density at radius 1 is 0.309 bits per heavy atom. The van der Waals surface area contributed by atoms with E-state index in [4.69, 9.17) is 30.9 Å². The van der Waals surface area contributed by atoms with E-state index < -0.39 is 0 Å². The first-order valence-corrected chi connectivity index (χ1v) is 24.5. The molecule has 0 saturated heterocycles.